The van der Waals surface area contributed by atoms with E-state index in [1.807, 2.05) is 24.3 Å². The number of fused-ring (bicyclic) bond motifs is 2. The van der Waals surface area contributed by atoms with Crippen LogP contribution in [0.4, 0.5) is 17.1 Å². The maximum Gasteiger partial charge on any atom is 0.269 e. The largest absolute Gasteiger partial charge is 0.496 e. The zero-order chi connectivity index (χ0) is 34.7. The first-order valence-corrected chi connectivity index (χ1v) is 15.3. The summed E-state index contributed by atoms with van der Waals surface area (Å²) in [5.74, 6) is 1.89. The minimum absolute atomic E-state index is 0.00635. The Morgan fingerprint density at radius 2 is 1.41 bits per heavy atom. The highest BCUT2D eigenvalue weighted by Gasteiger charge is 2.38. The third-order valence-corrected chi connectivity index (χ3v) is 8.41. The lowest BCUT2D eigenvalue weighted by Crippen LogP contribution is -2.39. The number of nitro groups is 1. The van der Waals surface area contributed by atoms with Gasteiger partial charge in [-0.15, -0.1) is 0 Å². The van der Waals surface area contributed by atoms with Crippen molar-refractivity contribution in [1.29, 1.82) is 0 Å². The lowest BCUT2D eigenvalue weighted by atomic mass is 9.94. The van der Waals surface area contributed by atoms with Gasteiger partial charge in [-0.1, -0.05) is 12.1 Å². The number of nitrogens with zero attached hydrogens (tertiary/aromatic N) is 1. The number of ether oxygens (including phenoxy) is 6. The Bertz CT molecular complexity index is 2030. The molecule has 0 bridgehead atoms. The van der Waals surface area contributed by atoms with E-state index in [-0.39, 0.29) is 40.5 Å². The summed E-state index contributed by atoms with van der Waals surface area (Å²) in [6.45, 7) is 0.112. The number of hydrogen-bond acceptors (Lipinski definition) is 12. The first-order valence-electron chi connectivity index (χ1n) is 15.3. The van der Waals surface area contributed by atoms with Crippen LogP contribution in [0.3, 0.4) is 0 Å². The molecule has 1 aliphatic heterocycles. The van der Waals surface area contributed by atoms with Crippen LogP contribution in [0.25, 0.3) is 22.3 Å². The molecular formula is C36H35N3O10. The highest BCUT2D eigenvalue weighted by atomic mass is 16.6. The van der Waals surface area contributed by atoms with Gasteiger partial charge in [0.25, 0.3) is 5.69 Å². The molecule has 6 rings (SSSR count). The lowest BCUT2D eigenvalue weighted by Gasteiger charge is -2.31. The van der Waals surface area contributed by atoms with Gasteiger partial charge in [0, 0.05) is 29.8 Å². The Labute approximate surface area is 281 Å². The second-order valence-corrected chi connectivity index (χ2v) is 11.2. The van der Waals surface area contributed by atoms with Crippen LogP contribution in [0.2, 0.25) is 0 Å². The van der Waals surface area contributed by atoms with Crippen LogP contribution in [-0.4, -0.2) is 47.1 Å². The predicted molar refractivity (Wildman–Crippen MR) is 184 cm³/mol. The van der Waals surface area contributed by atoms with Crippen molar-refractivity contribution in [3.63, 3.8) is 0 Å². The number of benzene rings is 4. The van der Waals surface area contributed by atoms with Gasteiger partial charge in [-0.3, -0.25) is 14.9 Å². The summed E-state index contributed by atoms with van der Waals surface area (Å²) in [5, 5.41) is 18.7. The fourth-order valence-electron chi connectivity index (χ4n) is 6.04. The van der Waals surface area contributed by atoms with Gasteiger partial charge in [0.2, 0.25) is 16.9 Å². The molecule has 0 saturated heterocycles. The Kier molecular flexibility index (Phi) is 9.08. The molecule has 13 nitrogen and oxygen atoms in total. The van der Waals surface area contributed by atoms with Crippen molar-refractivity contribution in [1.82, 2.24) is 0 Å². The van der Waals surface area contributed by atoms with Crippen LogP contribution in [0.15, 0.2) is 82.0 Å². The summed E-state index contributed by atoms with van der Waals surface area (Å²) in [5.41, 5.74) is 2.01. The maximum absolute atomic E-state index is 14.2. The number of hydrogen-bond donors (Lipinski definition) is 2. The van der Waals surface area contributed by atoms with E-state index in [1.54, 1.807) is 36.4 Å². The smallest absolute Gasteiger partial charge is 0.269 e. The molecule has 0 fully saturated rings. The topological polar surface area (TPSA) is 153 Å². The van der Waals surface area contributed by atoms with E-state index in [1.165, 1.54) is 47.7 Å². The average Bonchev–Trinajstić information content (AvgIpc) is 3.52. The van der Waals surface area contributed by atoms with Gasteiger partial charge < -0.3 is 43.5 Å². The molecule has 4 aromatic carbocycles. The summed E-state index contributed by atoms with van der Waals surface area (Å²) < 4.78 is 40.3. The van der Waals surface area contributed by atoms with Gasteiger partial charge in [0.05, 0.1) is 58.5 Å². The second kappa shape index (κ2) is 13.6. The quantitative estimate of drug-likeness (QED) is 0.0757. The zero-order valence-corrected chi connectivity index (χ0v) is 27.6. The summed E-state index contributed by atoms with van der Waals surface area (Å²) in [6, 6.07) is 20.7. The van der Waals surface area contributed by atoms with E-state index < -0.39 is 16.0 Å². The van der Waals surface area contributed by atoms with Crippen molar-refractivity contribution in [3.8, 4) is 45.8 Å². The summed E-state index contributed by atoms with van der Waals surface area (Å²) in [6.07, 6.45) is 0.940. The molecule has 0 unspecified atom stereocenters. The molecule has 254 valence electrons. The van der Waals surface area contributed by atoms with Crippen molar-refractivity contribution in [3.05, 3.63) is 98.7 Å². The van der Waals surface area contributed by atoms with Crippen LogP contribution in [0.5, 0.6) is 34.5 Å². The van der Waals surface area contributed by atoms with Crippen molar-refractivity contribution in [2.24, 2.45) is 0 Å². The summed E-state index contributed by atoms with van der Waals surface area (Å²) in [7, 11) is 7.45. The van der Waals surface area contributed by atoms with E-state index in [0.717, 1.165) is 16.9 Å². The molecule has 5 aromatic rings. The summed E-state index contributed by atoms with van der Waals surface area (Å²) >= 11 is 0. The number of anilines is 2. The van der Waals surface area contributed by atoms with E-state index in [9.17, 15) is 14.9 Å². The van der Waals surface area contributed by atoms with Crippen LogP contribution < -0.4 is 44.5 Å². The third kappa shape index (κ3) is 6.06. The molecule has 0 spiro atoms. The fourth-order valence-corrected chi connectivity index (χ4v) is 6.04. The van der Waals surface area contributed by atoms with Gasteiger partial charge in [-0.05, 0) is 54.8 Å². The normalized spacial score (nSPS) is 12.8. The number of non-ortho nitro benzene ring substituents is 1. The van der Waals surface area contributed by atoms with E-state index in [0.29, 0.717) is 41.4 Å². The fraction of sp³-hybridized carbons (Fsp3) is 0.250. The highest BCUT2D eigenvalue weighted by molar-refractivity contribution is 5.89. The second-order valence-electron chi connectivity index (χ2n) is 11.2. The first kappa shape index (κ1) is 32.8. The number of nitrogens with one attached hydrogen (secondary N) is 2. The molecule has 49 heavy (non-hydrogen) atoms. The minimum Gasteiger partial charge on any atom is -0.496 e. The zero-order valence-electron chi connectivity index (χ0n) is 27.6. The van der Waals surface area contributed by atoms with Crippen molar-refractivity contribution >= 4 is 28.0 Å². The SMILES string of the molecule is COc1cc(OC)c2c(=O)c(OCCCC3(c4ccc([N+](=O)[O-])cc4)Nc4ccccc4N3)c(-c3cc(OC)c(OC)c(OC)c3)oc2c1. The molecule has 2 N–H and O–H groups in total. The van der Waals surface area contributed by atoms with Crippen LogP contribution in [-0.2, 0) is 5.66 Å². The Morgan fingerprint density at radius 1 is 0.776 bits per heavy atom. The van der Waals surface area contributed by atoms with Gasteiger partial charge in [0.1, 0.15) is 28.1 Å². The van der Waals surface area contributed by atoms with Crippen LogP contribution >= 0.6 is 0 Å². The maximum atomic E-state index is 14.2. The van der Waals surface area contributed by atoms with Crippen molar-refractivity contribution < 1.29 is 37.8 Å². The monoisotopic (exact) mass is 669 g/mol. The van der Waals surface area contributed by atoms with E-state index >= 15 is 0 Å². The van der Waals surface area contributed by atoms with Crippen molar-refractivity contribution in [2.45, 2.75) is 18.5 Å². The molecule has 0 saturated carbocycles. The Morgan fingerprint density at radius 3 is 1.96 bits per heavy atom. The predicted octanol–water partition coefficient (Wildman–Crippen LogP) is 6.96. The molecule has 0 amide bonds. The highest BCUT2D eigenvalue weighted by Crippen LogP contribution is 2.45. The van der Waals surface area contributed by atoms with Crippen molar-refractivity contribution in [2.75, 3.05) is 52.8 Å². The number of methoxy groups -OCH3 is 5. The van der Waals surface area contributed by atoms with E-state index in [2.05, 4.69) is 10.6 Å². The third-order valence-electron chi connectivity index (χ3n) is 8.41. The van der Waals surface area contributed by atoms with Crippen LogP contribution in [0.1, 0.15) is 18.4 Å². The summed E-state index contributed by atoms with van der Waals surface area (Å²) in [4.78, 5) is 25.1. The molecule has 0 atom stereocenters. The van der Waals surface area contributed by atoms with Crippen LogP contribution in [0, 0.1) is 10.1 Å². The lowest BCUT2D eigenvalue weighted by molar-refractivity contribution is -0.384. The molecule has 13 heteroatoms. The first-order chi connectivity index (χ1) is 23.7. The average molecular weight is 670 g/mol. The number of nitro benzene ring substituents is 1. The van der Waals surface area contributed by atoms with Gasteiger partial charge in [-0.2, -0.15) is 0 Å². The van der Waals surface area contributed by atoms with Gasteiger partial charge in [-0.25, -0.2) is 0 Å². The Hall–Kier alpha value is -6.11. The minimum atomic E-state index is -0.796. The molecule has 2 heterocycles. The molecule has 0 radical (unpaired) electrons. The molecular weight excluding hydrogens is 634 g/mol. The number of para-hydroxylation sites is 2. The molecule has 1 aromatic heterocycles. The van der Waals surface area contributed by atoms with Gasteiger partial charge >= 0.3 is 0 Å². The van der Waals surface area contributed by atoms with E-state index in [4.69, 9.17) is 32.8 Å². The standard InChI is InChI=1S/C36H35N3O10/c1-43-24-19-27(44-2)31-28(20-24)49-33(21-17-29(45-3)34(47-5)30(18-21)46-4)35(32(31)40)48-16-8-15-36(22-11-13-23(14-12-22)39(41)42)37-25-9-6-7-10-26(25)38-36/h6-7,9-14,17-20,37-38H,8,15-16H2,1-5H3. The van der Waals surface area contributed by atoms with Gasteiger partial charge in [0.15, 0.2) is 17.3 Å². The Balaban J connectivity index is 1.38. The number of rotatable bonds is 13. The molecule has 0 aliphatic carbocycles. The molecule has 1 aliphatic rings.